The van der Waals surface area contributed by atoms with Gasteiger partial charge in [0.25, 0.3) is 11.5 Å². The molecule has 1 aliphatic heterocycles. The van der Waals surface area contributed by atoms with Crippen molar-refractivity contribution in [3.05, 3.63) is 57.2 Å². The fraction of sp³-hybridized carbons (Fsp3) is 0.391. The fourth-order valence-corrected chi connectivity index (χ4v) is 4.30. The zero-order valence-electron chi connectivity index (χ0n) is 18.1. The first-order valence-electron chi connectivity index (χ1n) is 10.9. The summed E-state index contributed by atoms with van der Waals surface area (Å²) in [7, 11) is 1.62. The monoisotopic (exact) mass is 453 g/mol. The van der Waals surface area contributed by atoms with E-state index < -0.39 is 0 Å². The summed E-state index contributed by atoms with van der Waals surface area (Å²) in [6.45, 7) is 2.89. The number of amides is 1. The number of hydrogen-bond donors (Lipinski definition) is 2. The van der Waals surface area contributed by atoms with E-state index in [4.69, 9.17) is 17.0 Å². The van der Waals surface area contributed by atoms with Crippen LogP contribution >= 0.6 is 12.2 Å². The number of pyridine rings is 1. The van der Waals surface area contributed by atoms with Crippen LogP contribution in [0.15, 0.2) is 41.3 Å². The number of benzene rings is 1. The molecular weight excluding hydrogens is 426 g/mol. The molecule has 2 aromatic heterocycles. The minimum absolute atomic E-state index is 0.175. The van der Waals surface area contributed by atoms with Crippen LogP contribution in [0.5, 0.6) is 0 Å². The molecule has 0 bridgehead atoms. The van der Waals surface area contributed by atoms with Crippen LogP contribution in [0.2, 0.25) is 0 Å². The number of ether oxygens (including phenoxy) is 1. The lowest BCUT2D eigenvalue weighted by atomic mass is 10.1. The lowest BCUT2D eigenvalue weighted by Crippen LogP contribution is -2.31. The molecule has 1 saturated heterocycles. The first-order valence-corrected chi connectivity index (χ1v) is 11.3. The third kappa shape index (κ3) is 4.73. The van der Waals surface area contributed by atoms with E-state index in [1.807, 2.05) is 12.1 Å². The van der Waals surface area contributed by atoms with Crippen LogP contribution in [-0.4, -0.2) is 47.2 Å². The molecule has 9 heteroatoms. The van der Waals surface area contributed by atoms with Crippen molar-refractivity contribution >= 4 is 40.5 Å². The molecule has 0 unspecified atom stereocenters. The number of piperidine rings is 1. The normalized spacial score (nSPS) is 14.0. The standard InChI is InChI=1S/C23H27N5O3S/c1-31-14-6-13-28-22(30)17-9-8-16(15-19(17)26-23(28)32)21(29)25-18-7-5-10-24-20(18)27-11-3-2-4-12-27/h5,7-10,15H,2-4,6,11-14H2,1H3,(H,25,29)(H,26,32). The van der Waals surface area contributed by atoms with E-state index in [9.17, 15) is 9.59 Å². The zero-order valence-corrected chi connectivity index (χ0v) is 18.9. The van der Waals surface area contributed by atoms with Crippen LogP contribution < -0.4 is 15.8 Å². The van der Waals surface area contributed by atoms with Crippen molar-refractivity contribution in [3.63, 3.8) is 0 Å². The predicted octanol–water partition coefficient (Wildman–Crippen LogP) is 3.73. The number of aromatic amines is 1. The van der Waals surface area contributed by atoms with E-state index in [1.54, 1.807) is 31.5 Å². The number of nitrogens with one attached hydrogen (secondary N) is 2. The first kappa shape index (κ1) is 22.2. The Balaban J connectivity index is 1.59. The summed E-state index contributed by atoms with van der Waals surface area (Å²) < 4.78 is 6.91. The lowest BCUT2D eigenvalue weighted by molar-refractivity contribution is 0.102. The van der Waals surface area contributed by atoms with Crippen LogP contribution in [-0.2, 0) is 11.3 Å². The first-order chi connectivity index (χ1) is 15.6. The second-order valence-electron chi connectivity index (χ2n) is 7.87. The molecule has 0 saturated carbocycles. The Morgan fingerprint density at radius 1 is 1.25 bits per heavy atom. The highest BCUT2D eigenvalue weighted by Crippen LogP contribution is 2.26. The van der Waals surface area contributed by atoms with Gasteiger partial charge in [-0.3, -0.25) is 14.2 Å². The maximum atomic E-state index is 13.0. The molecule has 0 aliphatic carbocycles. The molecule has 1 fully saturated rings. The van der Waals surface area contributed by atoms with Gasteiger partial charge in [-0.15, -0.1) is 0 Å². The predicted molar refractivity (Wildman–Crippen MR) is 128 cm³/mol. The number of rotatable bonds is 7. The SMILES string of the molecule is COCCCn1c(=S)[nH]c2cc(C(=O)Nc3cccnc3N3CCCCC3)ccc2c1=O. The Kier molecular flexibility index (Phi) is 6.96. The van der Waals surface area contributed by atoms with Gasteiger partial charge in [-0.25, -0.2) is 4.98 Å². The van der Waals surface area contributed by atoms with Gasteiger partial charge in [0, 0.05) is 45.1 Å². The number of anilines is 2. The molecule has 0 radical (unpaired) electrons. The molecule has 1 amide bonds. The van der Waals surface area contributed by atoms with E-state index >= 15 is 0 Å². The molecule has 3 aromatic rings. The second kappa shape index (κ2) is 10.1. The zero-order chi connectivity index (χ0) is 22.5. The fourth-order valence-electron chi connectivity index (χ4n) is 4.01. The Morgan fingerprint density at radius 3 is 2.84 bits per heavy atom. The van der Waals surface area contributed by atoms with Crippen LogP contribution in [0.4, 0.5) is 11.5 Å². The summed E-state index contributed by atoms with van der Waals surface area (Å²) in [5.41, 5.74) is 1.48. The molecular formula is C23H27N5O3S. The van der Waals surface area contributed by atoms with Gasteiger partial charge in [0.1, 0.15) is 0 Å². The summed E-state index contributed by atoms with van der Waals surface area (Å²) in [6.07, 6.45) is 5.89. The van der Waals surface area contributed by atoms with Gasteiger partial charge in [0.2, 0.25) is 0 Å². The van der Waals surface area contributed by atoms with Crippen LogP contribution in [0, 0.1) is 4.77 Å². The highest BCUT2D eigenvalue weighted by atomic mass is 32.1. The third-order valence-electron chi connectivity index (χ3n) is 5.66. The molecule has 0 spiro atoms. The number of aromatic nitrogens is 3. The number of hydrogen-bond acceptors (Lipinski definition) is 6. The van der Waals surface area contributed by atoms with Gasteiger partial charge in [-0.2, -0.15) is 0 Å². The number of methoxy groups -OCH3 is 1. The average molecular weight is 454 g/mol. The molecule has 2 N–H and O–H groups in total. The van der Waals surface area contributed by atoms with Crippen molar-refractivity contribution in [1.82, 2.24) is 14.5 Å². The third-order valence-corrected chi connectivity index (χ3v) is 5.99. The molecule has 3 heterocycles. The van der Waals surface area contributed by atoms with Gasteiger partial charge in [-0.05, 0) is 68.2 Å². The van der Waals surface area contributed by atoms with Gasteiger partial charge in [0.05, 0.1) is 16.6 Å². The highest BCUT2D eigenvalue weighted by Gasteiger charge is 2.18. The van der Waals surface area contributed by atoms with Crippen molar-refractivity contribution in [2.24, 2.45) is 0 Å². The maximum absolute atomic E-state index is 13.0. The summed E-state index contributed by atoms with van der Waals surface area (Å²) in [5, 5.41) is 3.47. The van der Waals surface area contributed by atoms with Crippen molar-refractivity contribution < 1.29 is 9.53 Å². The van der Waals surface area contributed by atoms with Crippen LogP contribution in [0.25, 0.3) is 10.9 Å². The summed E-state index contributed by atoms with van der Waals surface area (Å²) in [4.78, 5) is 35.7. The van der Waals surface area contributed by atoms with E-state index in [1.165, 1.54) is 11.0 Å². The number of H-pyrrole nitrogens is 1. The number of carbonyl (C=O) groups is 1. The Hall–Kier alpha value is -3.04. The molecule has 1 aromatic carbocycles. The van der Waals surface area contributed by atoms with E-state index in [-0.39, 0.29) is 11.5 Å². The summed E-state index contributed by atoms with van der Waals surface area (Å²) in [6, 6.07) is 8.67. The van der Waals surface area contributed by atoms with Gasteiger partial charge in [0.15, 0.2) is 10.6 Å². The second-order valence-corrected chi connectivity index (χ2v) is 8.26. The minimum atomic E-state index is -0.262. The number of nitrogens with zero attached hydrogens (tertiary/aromatic N) is 3. The summed E-state index contributed by atoms with van der Waals surface area (Å²) in [5.74, 6) is 0.529. The Morgan fingerprint density at radius 2 is 2.06 bits per heavy atom. The lowest BCUT2D eigenvalue weighted by Gasteiger charge is -2.29. The molecule has 8 nitrogen and oxygen atoms in total. The van der Waals surface area contributed by atoms with Crippen LogP contribution in [0.3, 0.4) is 0 Å². The number of carbonyl (C=O) groups excluding carboxylic acids is 1. The van der Waals surface area contributed by atoms with Crippen molar-refractivity contribution in [1.29, 1.82) is 0 Å². The summed E-state index contributed by atoms with van der Waals surface area (Å²) >= 11 is 5.37. The molecule has 1 aliphatic rings. The topological polar surface area (TPSA) is 92.2 Å². The quantitative estimate of drug-likeness (QED) is 0.418. The van der Waals surface area contributed by atoms with E-state index in [2.05, 4.69) is 20.2 Å². The molecule has 168 valence electrons. The minimum Gasteiger partial charge on any atom is -0.385 e. The number of fused-ring (bicyclic) bond motifs is 1. The Bertz CT molecular complexity index is 1230. The van der Waals surface area contributed by atoms with Gasteiger partial charge >= 0.3 is 0 Å². The molecule has 0 atom stereocenters. The Labute approximate surface area is 191 Å². The average Bonchev–Trinajstić information content (AvgIpc) is 2.82. The van der Waals surface area contributed by atoms with E-state index in [0.29, 0.717) is 46.5 Å². The van der Waals surface area contributed by atoms with Crippen molar-refractivity contribution in [2.45, 2.75) is 32.2 Å². The van der Waals surface area contributed by atoms with E-state index in [0.717, 1.165) is 31.7 Å². The van der Waals surface area contributed by atoms with Crippen molar-refractivity contribution in [3.8, 4) is 0 Å². The molecule has 4 rings (SSSR count). The maximum Gasteiger partial charge on any atom is 0.262 e. The van der Waals surface area contributed by atoms with Gasteiger partial charge in [-0.1, -0.05) is 0 Å². The largest absolute Gasteiger partial charge is 0.385 e. The van der Waals surface area contributed by atoms with Gasteiger partial charge < -0.3 is 19.9 Å². The van der Waals surface area contributed by atoms with Crippen LogP contribution in [0.1, 0.15) is 36.0 Å². The highest BCUT2D eigenvalue weighted by molar-refractivity contribution is 7.71. The molecule has 32 heavy (non-hydrogen) atoms. The van der Waals surface area contributed by atoms with Crippen molar-refractivity contribution in [2.75, 3.05) is 37.0 Å². The smallest absolute Gasteiger partial charge is 0.262 e.